The van der Waals surface area contributed by atoms with Crippen molar-refractivity contribution < 1.29 is 25.8 Å². The monoisotopic (exact) mass is 399 g/mol. The summed E-state index contributed by atoms with van der Waals surface area (Å²) in [6.45, 7) is 2.11. The van der Waals surface area contributed by atoms with Gasteiger partial charge in [-0.05, 0) is 49.4 Å². The van der Waals surface area contributed by atoms with Gasteiger partial charge in [-0.1, -0.05) is 6.07 Å². The molecule has 4 rings (SSSR count). The minimum atomic E-state index is -5.70. The minimum absolute atomic E-state index is 0.127. The summed E-state index contributed by atoms with van der Waals surface area (Å²) >= 11 is 0. The number of halogens is 3. The Hall–Kier alpha value is -2.33. The molecule has 1 fully saturated rings. The smallest absolute Gasteiger partial charge is 0.376 e. The topological polar surface area (TPSA) is 84.1 Å². The van der Waals surface area contributed by atoms with Crippen molar-refractivity contribution in [3.05, 3.63) is 36.2 Å². The fraction of sp³-hybridized carbons (Fsp3) is 0.353. The molecule has 0 aliphatic carbocycles. The highest BCUT2D eigenvalue weighted by Gasteiger charge is 2.48. The summed E-state index contributed by atoms with van der Waals surface area (Å²) in [5.74, 6) is 0.409. The molecule has 6 nitrogen and oxygen atoms in total. The molecule has 10 heteroatoms. The van der Waals surface area contributed by atoms with E-state index in [2.05, 4.69) is 26.4 Å². The van der Waals surface area contributed by atoms with E-state index < -0.39 is 21.4 Å². The number of H-pyrrole nitrogens is 1. The fourth-order valence-electron chi connectivity index (χ4n) is 3.34. The van der Waals surface area contributed by atoms with Crippen LogP contribution in [0.5, 0.6) is 5.75 Å². The van der Waals surface area contributed by atoms with Crippen LogP contribution >= 0.6 is 0 Å². The summed E-state index contributed by atoms with van der Waals surface area (Å²) in [6, 6.07) is 7.91. The molecule has 1 aliphatic rings. The number of aromatic amines is 1. The number of nitrogens with zero attached hydrogens (tertiary/aromatic N) is 1. The molecular formula is C17H16F3N3O3S. The molecule has 1 saturated heterocycles. The Balaban J connectivity index is 1.72. The number of benzene rings is 2. The maximum absolute atomic E-state index is 12.5. The average molecular weight is 399 g/mol. The molecule has 3 aromatic rings. The van der Waals surface area contributed by atoms with Crippen molar-refractivity contribution in [2.75, 3.05) is 0 Å². The molecule has 1 aromatic heterocycles. The molecule has 0 amide bonds. The van der Waals surface area contributed by atoms with Crippen molar-refractivity contribution in [1.29, 1.82) is 0 Å². The molecular weight excluding hydrogens is 383 g/mol. The van der Waals surface area contributed by atoms with Gasteiger partial charge in [-0.15, -0.1) is 0 Å². The van der Waals surface area contributed by atoms with E-state index in [1.54, 1.807) is 12.1 Å². The second-order valence-corrected chi connectivity index (χ2v) is 8.18. The van der Waals surface area contributed by atoms with Crippen molar-refractivity contribution in [2.24, 2.45) is 0 Å². The van der Waals surface area contributed by atoms with Gasteiger partial charge in [-0.2, -0.15) is 21.6 Å². The number of rotatable bonds is 3. The molecule has 2 N–H and O–H groups in total. The van der Waals surface area contributed by atoms with Gasteiger partial charge in [0.1, 0.15) is 11.6 Å². The van der Waals surface area contributed by atoms with Crippen LogP contribution in [0.25, 0.3) is 21.8 Å². The van der Waals surface area contributed by atoms with E-state index in [0.717, 1.165) is 29.7 Å². The van der Waals surface area contributed by atoms with Crippen LogP contribution in [0, 0.1) is 0 Å². The summed E-state index contributed by atoms with van der Waals surface area (Å²) in [7, 11) is -5.70. The van der Waals surface area contributed by atoms with Gasteiger partial charge in [0.2, 0.25) is 0 Å². The standard InChI is InChI=1S/C17H16F3N3O3S/c1-9-2-6-14(21-9)16-22-13-7-3-10-8-11(4-5-12(10)15(13)23-16)26-27(24,25)17(18,19)20/h3-5,7-9,14,21H,2,6H2,1H3,(H,22,23)/t9-,14-/m0/s1. The van der Waals surface area contributed by atoms with Crippen LogP contribution in [0.1, 0.15) is 31.6 Å². The van der Waals surface area contributed by atoms with E-state index in [1.165, 1.54) is 18.2 Å². The highest BCUT2D eigenvalue weighted by atomic mass is 32.2. The first-order valence-corrected chi connectivity index (χ1v) is 9.74. The van der Waals surface area contributed by atoms with Gasteiger partial charge in [0.25, 0.3) is 0 Å². The van der Waals surface area contributed by atoms with Crippen LogP contribution in [0.3, 0.4) is 0 Å². The Bertz CT molecular complexity index is 1120. The molecule has 2 heterocycles. The summed E-state index contributed by atoms with van der Waals surface area (Å²) in [5.41, 5.74) is -4.00. The SMILES string of the molecule is C[C@H]1CC[C@@H](c2nc3ccc4cc(OS(=O)(=O)C(F)(F)F)ccc4c3[nH]2)N1. The summed E-state index contributed by atoms with van der Waals surface area (Å²) < 4.78 is 64.0. The second kappa shape index (κ2) is 6.10. The first-order chi connectivity index (χ1) is 12.6. The Morgan fingerprint density at radius 1 is 1.19 bits per heavy atom. The van der Waals surface area contributed by atoms with E-state index >= 15 is 0 Å². The van der Waals surface area contributed by atoms with Crippen molar-refractivity contribution in [3.8, 4) is 5.75 Å². The lowest BCUT2D eigenvalue weighted by Gasteiger charge is -2.10. The van der Waals surface area contributed by atoms with E-state index in [-0.39, 0.29) is 6.04 Å². The number of fused-ring (bicyclic) bond motifs is 3. The van der Waals surface area contributed by atoms with Crippen molar-refractivity contribution in [1.82, 2.24) is 15.3 Å². The predicted octanol–water partition coefficient (Wildman–Crippen LogP) is 3.76. The molecule has 2 aromatic carbocycles. The lowest BCUT2D eigenvalue weighted by Crippen LogP contribution is -2.28. The van der Waals surface area contributed by atoms with Crippen LogP contribution in [-0.2, 0) is 10.1 Å². The van der Waals surface area contributed by atoms with Crippen LogP contribution in [0.4, 0.5) is 13.2 Å². The molecule has 0 unspecified atom stereocenters. The molecule has 1 aliphatic heterocycles. The number of aromatic nitrogens is 2. The van der Waals surface area contributed by atoms with Gasteiger partial charge in [0.15, 0.2) is 0 Å². The molecule has 0 saturated carbocycles. The van der Waals surface area contributed by atoms with E-state index in [4.69, 9.17) is 0 Å². The zero-order valence-corrected chi connectivity index (χ0v) is 15.0. The van der Waals surface area contributed by atoms with E-state index in [9.17, 15) is 21.6 Å². The third-order valence-electron chi connectivity index (χ3n) is 4.66. The number of hydrogen-bond acceptors (Lipinski definition) is 5. The van der Waals surface area contributed by atoms with Crippen LogP contribution < -0.4 is 9.50 Å². The van der Waals surface area contributed by atoms with E-state index in [0.29, 0.717) is 16.8 Å². The quantitative estimate of drug-likeness (QED) is 0.518. The van der Waals surface area contributed by atoms with Gasteiger partial charge in [0, 0.05) is 11.4 Å². The van der Waals surface area contributed by atoms with Crippen LogP contribution in [0.15, 0.2) is 30.3 Å². The zero-order chi connectivity index (χ0) is 19.4. The van der Waals surface area contributed by atoms with Gasteiger partial charge in [0.05, 0.1) is 17.1 Å². The molecule has 27 heavy (non-hydrogen) atoms. The lowest BCUT2D eigenvalue weighted by atomic mass is 10.1. The number of nitrogens with one attached hydrogen (secondary N) is 2. The van der Waals surface area contributed by atoms with Crippen molar-refractivity contribution in [2.45, 2.75) is 37.4 Å². The van der Waals surface area contributed by atoms with Crippen molar-refractivity contribution in [3.63, 3.8) is 0 Å². The number of hydrogen-bond donors (Lipinski definition) is 2. The first kappa shape index (κ1) is 18.1. The Labute approximate surface area is 152 Å². The van der Waals surface area contributed by atoms with Gasteiger partial charge < -0.3 is 14.5 Å². The van der Waals surface area contributed by atoms with Crippen LogP contribution in [0.2, 0.25) is 0 Å². The highest BCUT2D eigenvalue weighted by Crippen LogP contribution is 2.32. The predicted molar refractivity (Wildman–Crippen MR) is 93.8 cm³/mol. The Morgan fingerprint density at radius 3 is 2.63 bits per heavy atom. The molecule has 144 valence electrons. The van der Waals surface area contributed by atoms with Gasteiger partial charge in [-0.3, -0.25) is 0 Å². The zero-order valence-electron chi connectivity index (χ0n) is 14.2. The maximum Gasteiger partial charge on any atom is 0.534 e. The Kier molecular flexibility index (Phi) is 4.08. The number of imidazole rings is 1. The number of alkyl halides is 3. The molecule has 0 bridgehead atoms. The molecule has 0 spiro atoms. The minimum Gasteiger partial charge on any atom is -0.376 e. The summed E-state index contributed by atoms with van der Waals surface area (Å²) in [6.07, 6.45) is 2.02. The largest absolute Gasteiger partial charge is 0.534 e. The van der Waals surface area contributed by atoms with E-state index in [1.807, 2.05) is 0 Å². The first-order valence-electron chi connectivity index (χ1n) is 8.33. The third kappa shape index (κ3) is 3.23. The Morgan fingerprint density at radius 2 is 1.96 bits per heavy atom. The van der Waals surface area contributed by atoms with Crippen molar-refractivity contribution >= 4 is 31.9 Å². The molecule has 2 atom stereocenters. The molecule has 0 radical (unpaired) electrons. The fourth-order valence-corrected chi connectivity index (χ4v) is 3.79. The normalized spacial score (nSPS) is 21.2. The van der Waals surface area contributed by atoms with Gasteiger partial charge in [-0.25, -0.2) is 4.98 Å². The maximum atomic E-state index is 12.5. The third-order valence-corrected chi connectivity index (χ3v) is 5.64. The lowest BCUT2D eigenvalue weighted by molar-refractivity contribution is -0.0500. The summed E-state index contributed by atoms with van der Waals surface area (Å²) in [5, 5.41) is 4.70. The average Bonchev–Trinajstić information content (AvgIpc) is 3.19. The van der Waals surface area contributed by atoms with Gasteiger partial charge >= 0.3 is 15.6 Å². The summed E-state index contributed by atoms with van der Waals surface area (Å²) in [4.78, 5) is 7.88. The highest BCUT2D eigenvalue weighted by molar-refractivity contribution is 7.88. The van der Waals surface area contributed by atoms with Crippen LogP contribution in [-0.4, -0.2) is 29.9 Å². The second-order valence-electron chi connectivity index (χ2n) is 6.65.